The van der Waals surface area contributed by atoms with E-state index in [-0.39, 0.29) is 6.54 Å². The minimum absolute atomic E-state index is 0.275. The van der Waals surface area contributed by atoms with Crippen LogP contribution in [0.15, 0.2) is 58.5 Å². The highest BCUT2D eigenvalue weighted by atomic mass is 16.4. The van der Waals surface area contributed by atoms with E-state index in [0.717, 1.165) is 23.6 Å². The molecule has 1 unspecified atom stereocenters. The van der Waals surface area contributed by atoms with Gasteiger partial charge < -0.3 is 20.2 Å². The van der Waals surface area contributed by atoms with Crippen molar-refractivity contribution in [3.63, 3.8) is 0 Å². The predicted molar refractivity (Wildman–Crippen MR) is 107 cm³/mol. The van der Waals surface area contributed by atoms with Gasteiger partial charge in [0.15, 0.2) is 5.96 Å². The Morgan fingerprint density at radius 2 is 2.00 bits per heavy atom. The number of hydrogen-bond acceptors (Lipinski definition) is 5. The zero-order valence-electron chi connectivity index (χ0n) is 16.4. The van der Waals surface area contributed by atoms with Gasteiger partial charge in [-0.2, -0.15) is 5.10 Å². The number of furan rings is 1. The molecule has 0 saturated carbocycles. The summed E-state index contributed by atoms with van der Waals surface area (Å²) in [6, 6.07) is 11.6. The van der Waals surface area contributed by atoms with Crippen LogP contribution in [0.25, 0.3) is 5.69 Å². The van der Waals surface area contributed by atoms with E-state index in [1.165, 1.54) is 6.33 Å². The third-order valence-electron chi connectivity index (χ3n) is 4.25. The van der Waals surface area contributed by atoms with Crippen LogP contribution >= 0.6 is 0 Å². The lowest BCUT2D eigenvalue weighted by Crippen LogP contribution is -2.44. The Hall–Kier alpha value is -3.13. The minimum Gasteiger partial charge on any atom is -0.463 e. The molecule has 2 heterocycles. The van der Waals surface area contributed by atoms with Gasteiger partial charge in [0.2, 0.25) is 0 Å². The number of nitrogens with zero attached hydrogens (tertiary/aromatic N) is 4. The summed E-state index contributed by atoms with van der Waals surface area (Å²) in [7, 11) is 0. The number of aromatic nitrogens is 3. The zero-order valence-corrected chi connectivity index (χ0v) is 16.4. The Morgan fingerprint density at radius 3 is 2.61 bits per heavy atom. The monoisotopic (exact) mass is 382 g/mol. The van der Waals surface area contributed by atoms with Crippen LogP contribution in [0.3, 0.4) is 0 Å². The molecule has 2 aromatic heterocycles. The second kappa shape index (κ2) is 8.71. The van der Waals surface area contributed by atoms with Gasteiger partial charge in [0.25, 0.3) is 0 Å². The lowest BCUT2D eigenvalue weighted by molar-refractivity contribution is 0.0378. The Balaban J connectivity index is 1.62. The van der Waals surface area contributed by atoms with Crippen molar-refractivity contribution in [1.29, 1.82) is 0 Å². The van der Waals surface area contributed by atoms with Crippen molar-refractivity contribution in [3.8, 4) is 5.69 Å². The second-order valence-corrected chi connectivity index (χ2v) is 6.74. The molecule has 0 aliphatic rings. The fraction of sp³-hybridized carbons (Fsp3) is 0.350. The van der Waals surface area contributed by atoms with Gasteiger partial charge in [-0.3, -0.25) is 0 Å². The highest BCUT2D eigenvalue weighted by Gasteiger charge is 2.27. The first-order chi connectivity index (χ1) is 13.5. The molecule has 8 heteroatoms. The van der Waals surface area contributed by atoms with Gasteiger partial charge in [-0.25, -0.2) is 14.7 Å². The minimum atomic E-state index is -1.14. The normalized spacial score (nSPS) is 13.9. The van der Waals surface area contributed by atoms with Crippen LogP contribution < -0.4 is 10.6 Å². The SMILES string of the molecule is CCNC(=NCc1ccc(-n2cncn2)cc1)NCC(C)(O)c1ccc(C)o1. The Kier molecular flexibility index (Phi) is 6.10. The molecule has 3 rings (SSSR count). The van der Waals surface area contributed by atoms with Crippen molar-refractivity contribution in [2.45, 2.75) is 32.9 Å². The summed E-state index contributed by atoms with van der Waals surface area (Å²) in [6.07, 6.45) is 3.16. The number of hydrogen-bond donors (Lipinski definition) is 3. The first-order valence-electron chi connectivity index (χ1n) is 9.23. The maximum atomic E-state index is 10.7. The van der Waals surface area contributed by atoms with Crippen LogP contribution in [-0.4, -0.2) is 38.9 Å². The van der Waals surface area contributed by atoms with Gasteiger partial charge >= 0.3 is 0 Å². The molecule has 8 nitrogen and oxygen atoms in total. The van der Waals surface area contributed by atoms with E-state index in [2.05, 4.69) is 25.7 Å². The third-order valence-corrected chi connectivity index (χ3v) is 4.25. The second-order valence-electron chi connectivity index (χ2n) is 6.74. The number of nitrogens with one attached hydrogen (secondary N) is 2. The van der Waals surface area contributed by atoms with Crippen LogP contribution in [0.5, 0.6) is 0 Å². The fourth-order valence-corrected chi connectivity index (χ4v) is 2.67. The van der Waals surface area contributed by atoms with Gasteiger partial charge in [-0.05, 0) is 50.6 Å². The molecule has 0 saturated heterocycles. The Labute approximate surface area is 164 Å². The van der Waals surface area contributed by atoms with Crippen LogP contribution in [0.2, 0.25) is 0 Å². The van der Waals surface area contributed by atoms with Crippen LogP contribution in [0.1, 0.15) is 30.9 Å². The van der Waals surface area contributed by atoms with Gasteiger partial charge in [-0.15, -0.1) is 0 Å². The first kappa shape index (κ1) is 19.6. The van der Waals surface area contributed by atoms with Crippen LogP contribution in [0, 0.1) is 6.92 Å². The third kappa shape index (κ3) is 4.98. The number of benzene rings is 1. The molecule has 0 fully saturated rings. The van der Waals surface area contributed by atoms with Crippen molar-refractivity contribution in [3.05, 3.63) is 66.1 Å². The molecule has 1 aromatic carbocycles. The highest BCUT2D eigenvalue weighted by molar-refractivity contribution is 5.79. The topological polar surface area (TPSA) is 100 Å². The maximum Gasteiger partial charge on any atom is 0.191 e. The number of aliphatic imine (C=N–C) groups is 1. The molecule has 148 valence electrons. The number of guanidine groups is 1. The number of aryl methyl sites for hydroxylation is 1. The molecule has 1 atom stereocenters. The smallest absolute Gasteiger partial charge is 0.191 e. The van der Waals surface area contributed by atoms with Crippen molar-refractivity contribution in [1.82, 2.24) is 25.4 Å². The van der Waals surface area contributed by atoms with Gasteiger partial charge in [0.05, 0.1) is 18.8 Å². The Morgan fingerprint density at radius 1 is 1.21 bits per heavy atom. The van der Waals surface area contributed by atoms with Crippen LogP contribution in [0.4, 0.5) is 0 Å². The van der Waals surface area contributed by atoms with Crippen LogP contribution in [-0.2, 0) is 12.1 Å². The summed E-state index contributed by atoms with van der Waals surface area (Å²) in [6.45, 7) is 7.07. The van der Waals surface area contributed by atoms with E-state index in [1.807, 2.05) is 44.2 Å². The van der Waals surface area contributed by atoms with Crippen molar-refractivity contribution < 1.29 is 9.52 Å². The van der Waals surface area contributed by atoms with Gasteiger partial charge in [-0.1, -0.05) is 12.1 Å². The summed E-state index contributed by atoms with van der Waals surface area (Å²) >= 11 is 0. The summed E-state index contributed by atoms with van der Waals surface area (Å²) < 4.78 is 7.26. The molecular weight excluding hydrogens is 356 g/mol. The molecule has 3 aromatic rings. The first-order valence-corrected chi connectivity index (χ1v) is 9.23. The van der Waals surface area contributed by atoms with Crippen molar-refractivity contribution in [2.24, 2.45) is 4.99 Å². The van der Waals surface area contributed by atoms with Crippen molar-refractivity contribution >= 4 is 5.96 Å². The Bertz CT molecular complexity index is 897. The molecule has 28 heavy (non-hydrogen) atoms. The summed E-state index contributed by atoms with van der Waals surface area (Å²) in [5.74, 6) is 1.92. The zero-order chi connectivity index (χ0) is 20.0. The molecule has 0 aliphatic carbocycles. The molecule has 3 N–H and O–H groups in total. The molecule has 0 amide bonds. The summed E-state index contributed by atoms with van der Waals surface area (Å²) in [5, 5.41) is 21.2. The lowest BCUT2D eigenvalue weighted by atomic mass is 10.0. The number of rotatable bonds is 7. The predicted octanol–water partition coefficient (Wildman–Crippen LogP) is 2.13. The van der Waals surface area contributed by atoms with Gasteiger partial charge in [0, 0.05) is 6.54 Å². The highest BCUT2D eigenvalue weighted by Crippen LogP contribution is 2.21. The molecule has 0 aliphatic heterocycles. The largest absolute Gasteiger partial charge is 0.463 e. The van der Waals surface area contributed by atoms with E-state index in [9.17, 15) is 5.11 Å². The standard InChI is InChI=1S/C20H26N6O2/c1-4-22-19(24-12-20(3,27)18-10-5-15(2)28-18)23-11-16-6-8-17(9-7-16)26-14-21-13-25-26/h5-10,13-14,27H,4,11-12H2,1-3H3,(H2,22,23,24). The fourth-order valence-electron chi connectivity index (χ4n) is 2.67. The maximum absolute atomic E-state index is 10.7. The lowest BCUT2D eigenvalue weighted by Gasteiger charge is -2.22. The van der Waals surface area contributed by atoms with E-state index in [0.29, 0.717) is 18.3 Å². The van der Waals surface area contributed by atoms with E-state index in [1.54, 1.807) is 24.0 Å². The summed E-state index contributed by atoms with van der Waals surface area (Å²) in [5.41, 5.74) is 0.874. The van der Waals surface area contributed by atoms with E-state index >= 15 is 0 Å². The molecule has 0 radical (unpaired) electrons. The average molecular weight is 382 g/mol. The van der Waals surface area contributed by atoms with E-state index in [4.69, 9.17) is 4.42 Å². The quantitative estimate of drug-likeness (QED) is 0.428. The van der Waals surface area contributed by atoms with Crippen molar-refractivity contribution in [2.75, 3.05) is 13.1 Å². The molecule has 0 spiro atoms. The average Bonchev–Trinajstić information content (AvgIpc) is 3.37. The van der Waals surface area contributed by atoms with E-state index < -0.39 is 5.60 Å². The number of aliphatic hydroxyl groups is 1. The van der Waals surface area contributed by atoms with Gasteiger partial charge in [0.1, 0.15) is 29.8 Å². The summed E-state index contributed by atoms with van der Waals surface area (Å²) in [4.78, 5) is 8.55. The molecular formula is C20H26N6O2. The molecule has 0 bridgehead atoms.